The van der Waals surface area contributed by atoms with Crippen molar-refractivity contribution in [2.75, 3.05) is 12.3 Å². The van der Waals surface area contributed by atoms with E-state index in [0.717, 1.165) is 0 Å². The van der Waals surface area contributed by atoms with E-state index in [0.29, 0.717) is 16.7 Å². The molecule has 0 aromatic heterocycles. The fraction of sp³-hybridized carbons (Fsp3) is 0.550. The van der Waals surface area contributed by atoms with Gasteiger partial charge in [-0.3, -0.25) is 0 Å². The maximum Gasteiger partial charge on any atom is 0.492 e. The normalized spacial score (nSPS) is 18.8. The highest BCUT2D eigenvalue weighted by molar-refractivity contribution is 6.56. The first-order chi connectivity index (χ1) is 12.7. The third-order valence-electron chi connectivity index (χ3n) is 4.78. The van der Waals surface area contributed by atoms with Crippen LogP contribution in [0.15, 0.2) is 23.7 Å². The third kappa shape index (κ3) is 5.42. The summed E-state index contributed by atoms with van der Waals surface area (Å²) in [5, 5.41) is 12.9. The molecular formula is C20H31BN2O5. The summed E-state index contributed by atoms with van der Waals surface area (Å²) < 4.78 is 17.5. The standard InChI is InChI=1S/C20H31BN2O5/c1-18(2,3)26-17(25)23-12-14(10-13-11-15(22)8-9-16(13)24)21-27-19(4,5)20(6,7)28-21/h8-11,24H,12,22H2,1-7H3,(H,23,25). The van der Waals surface area contributed by atoms with Crippen LogP contribution in [-0.4, -0.2) is 41.7 Å². The van der Waals surface area contributed by atoms with Gasteiger partial charge in [-0.2, -0.15) is 0 Å². The number of phenolic OH excluding ortho intramolecular Hbond substituents is 1. The molecule has 4 N–H and O–H groups in total. The van der Waals surface area contributed by atoms with E-state index in [2.05, 4.69) is 5.32 Å². The summed E-state index contributed by atoms with van der Waals surface area (Å²) in [5.41, 5.74) is 5.80. The van der Waals surface area contributed by atoms with Crippen LogP contribution in [0, 0.1) is 0 Å². The molecule has 0 aliphatic carbocycles. The highest BCUT2D eigenvalue weighted by Crippen LogP contribution is 2.39. The zero-order valence-corrected chi connectivity index (χ0v) is 17.8. The molecule has 1 amide bonds. The Morgan fingerprint density at radius 3 is 2.36 bits per heavy atom. The van der Waals surface area contributed by atoms with E-state index in [1.165, 1.54) is 6.07 Å². The third-order valence-corrected chi connectivity index (χ3v) is 4.78. The van der Waals surface area contributed by atoms with Gasteiger partial charge in [-0.15, -0.1) is 0 Å². The summed E-state index contributed by atoms with van der Waals surface area (Å²) in [4.78, 5) is 12.1. The Balaban J connectivity index is 2.30. The van der Waals surface area contributed by atoms with E-state index in [-0.39, 0.29) is 12.3 Å². The maximum atomic E-state index is 12.1. The van der Waals surface area contributed by atoms with Gasteiger partial charge >= 0.3 is 13.2 Å². The second kappa shape index (κ2) is 7.68. The molecule has 28 heavy (non-hydrogen) atoms. The van der Waals surface area contributed by atoms with Gasteiger partial charge in [0.25, 0.3) is 0 Å². The van der Waals surface area contributed by atoms with Gasteiger partial charge in [0.05, 0.1) is 11.2 Å². The molecule has 1 fully saturated rings. The Kier molecular flexibility index (Phi) is 6.06. The summed E-state index contributed by atoms with van der Waals surface area (Å²) in [5.74, 6) is 0.0699. The molecule has 0 radical (unpaired) electrons. The topological polar surface area (TPSA) is 103 Å². The van der Waals surface area contributed by atoms with Crippen molar-refractivity contribution in [3.8, 4) is 5.75 Å². The number of phenols is 1. The Labute approximate surface area is 167 Å². The lowest BCUT2D eigenvalue weighted by Gasteiger charge is -2.32. The number of anilines is 1. The van der Waals surface area contributed by atoms with Crippen LogP contribution in [0.5, 0.6) is 5.75 Å². The number of carbonyl (C=O) groups excluding carboxylic acids is 1. The van der Waals surface area contributed by atoms with Crippen molar-refractivity contribution >= 4 is 25.0 Å². The molecule has 1 aromatic rings. The highest BCUT2D eigenvalue weighted by Gasteiger charge is 2.52. The van der Waals surface area contributed by atoms with Crippen LogP contribution in [0.25, 0.3) is 6.08 Å². The molecule has 0 unspecified atom stereocenters. The molecule has 0 atom stereocenters. The summed E-state index contributed by atoms with van der Waals surface area (Å²) >= 11 is 0. The molecule has 2 rings (SSSR count). The van der Waals surface area contributed by atoms with Crippen molar-refractivity contribution in [3.05, 3.63) is 29.2 Å². The number of amides is 1. The number of nitrogens with one attached hydrogen (secondary N) is 1. The fourth-order valence-corrected chi connectivity index (χ4v) is 2.57. The number of rotatable bonds is 4. The Bertz CT molecular complexity index is 752. The lowest BCUT2D eigenvalue weighted by Crippen LogP contribution is -2.41. The number of nitrogen functional groups attached to an aromatic ring is 1. The number of hydrogen-bond acceptors (Lipinski definition) is 6. The van der Waals surface area contributed by atoms with Crippen LogP contribution in [-0.2, 0) is 14.0 Å². The number of benzene rings is 1. The van der Waals surface area contributed by atoms with Crippen molar-refractivity contribution in [1.29, 1.82) is 0 Å². The monoisotopic (exact) mass is 390 g/mol. The van der Waals surface area contributed by atoms with Crippen LogP contribution >= 0.6 is 0 Å². The quantitative estimate of drug-likeness (QED) is 0.413. The average Bonchev–Trinajstić information content (AvgIpc) is 2.73. The second-order valence-corrected chi connectivity index (χ2v) is 8.98. The molecule has 154 valence electrons. The fourth-order valence-electron chi connectivity index (χ4n) is 2.57. The lowest BCUT2D eigenvalue weighted by atomic mass is 9.77. The minimum Gasteiger partial charge on any atom is -0.507 e. The Hall–Kier alpha value is -2.19. The summed E-state index contributed by atoms with van der Waals surface area (Å²) in [6.45, 7) is 13.3. The van der Waals surface area contributed by atoms with Crippen molar-refractivity contribution in [3.63, 3.8) is 0 Å². The van der Waals surface area contributed by atoms with Gasteiger partial charge in [-0.1, -0.05) is 6.08 Å². The van der Waals surface area contributed by atoms with Gasteiger partial charge in [-0.25, -0.2) is 4.79 Å². The summed E-state index contributed by atoms with van der Waals surface area (Å²) in [6.07, 6.45) is 1.16. The number of alkyl carbamates (subject to hydrolysis) is 1. The molecular weight excluding hydrogens is 359 g/mol. The van der Waals surface area contributed by atoms with Crippen LogP contribution in [0.1, 0.15) is 54.0 Å². The van der Waals surface area contributed by atoms with Gasteiger partial charge in [-0.05, 0) is 72.1 Å². The van der Waals surface area contributed by atoms with Crippen molar-refractivity contribution in [1.82, 2.24) is 5.32 Å². The van der Waals surface area contributed by atoms with Crippen LogP contribution in [0.2, 0.25) is 0 Å². The van der Waals surface area contributed by atoms with E-state index in [1.54, 1.807) is 39.0 Å². The van der Waals surface area contributed by atoms with Crippen molar-refractivity contribution < 1.29 is 23.9 Å². The number of aromatic hydroxyl groups is 1. The van der Waals surface area contributed by atoms with Crippen molar-refractivity contribution in [2.24, 2.45) is 0 Å². The lowest BCUT2D eigenvalue weighted by molar-refractivity contribution is 0.00578. The number of nitrogens with two attached hydrogens (primary N) is 1. The van der Waals surface area contributed by atoms with Crippen LogP contribution in [0.4, 0.5) is 10.5 Å². The summed E-state index contributed by atoms with van der Waals surface area (Å²) in [7, 11) is -0.694. The van der Waals surface area contributed by atoms with E-state index in [4.69, 9.17) is 19.8 Å². The molecule has 1 aliphatic rings. The smallest absolute Gasteiger partial charge is 0.492 e. The zero-order valence-electron chi connectivity index (χ0n) is 17.8. The first kappa shape index (κ1) is 22.1. The number of hydrogen-bond donors (Lipinski definition) is 3. The van der Waals surface area contributed by atoms with Crippen LogP contribution in [0.3, 0.4) is 0 Å². The minimum atomic E-state index is -0.694. The van der Waals surface area contributed by atoms with E-state index in [9.17, 15) is 9.90 Å². The van der Waals surface area contributed by atoms with Crippen LogP contribution < -0.4 is 11.1 Å². The predicted octanol–water partition coefficient (Wildman–Crippen LogP) is 3.51. The maximum absolute atomic E-state index is 12.1. The molecule has 1 saturated heterocycles. The zero-order chi connectivity index (χ0) is 21.3. The first-order valence-corrected chi connectivity index (χ1v) is 9.32. The van der Waals surface area contributed by atoms with Gasteiger partial charge in [0, 0.05) is 17.8 Å². The Morgan fingerprint density at radius 1 is 1.25 bits per heavy atom. The molecule has 0 saturated carbocycles. The van der Waals surface area contributed by atoms with Crippen molar-refractivity contribution in [2.45, 2.75) is 65.3 Å². The highest BCUT2D eigenvalue weighted by atomic mass is 16.7. The van der Waals surface area contributed by atoms with Gasteiger partial charge < -0.3 is 30.2 Å². The first-order valence-electron chi connectivity index (χ1n) is 9.32. The predicted molar refractivity (Wildman–Crippen MR) is 111 cm³/mol. The molecule has 0 spiro atoms. The second-order valence-electron chi connectivity index (χ2n) is 8.98. The van der Waals surface area contributed by atoms with E-state index >= 15 is 0 Å². The SMILES string of the molecule is CC(C)(C)OC(=O)NCC(=Cc1cc(N)ccc1O)B1OC(C)(C)C(C)(C)O1. The largest absolute Gasteiger partial charge is 0.507 e. The summed E-state index contributed by atoms with van der Waals surface area (Å²) in [6, 6.07) is 4.78. The molecule has 0 bridgehead atoms. The number of carbonyl (C=O) groups is 1. The minimum absolute atomic E-state index is 0.0699. The molecule has 1 aromatic carbocycles. The Morgan fingerprint density at radius 2 is 1.82 bits per heavy atom. The molecule has 1 aliphatic heterocycles. The molecule has 7 nitrogen and oxygen atoms in total. The molecule has 1 heterocycles. The van der Waals surface area contributed by atoms with Gasteiger partial charge in [0.1, 0.15) is 11.4 Å². The molecule has 8 heteroatoms. The van der Waals surface area contributed by atoms with Gasteiger partial charge in [0.2, 0.25) is 0 Å². The van der Waals surface area contributed by atoms with Gasteiger partial charge in [0.15, 0.2) is 0 Å². The van der Waals surface area contributed by atoms with E-state index < -0.39 is 30.0 Å². The average molecular weight is 390 g/mol. The van der Waals surface area contributed by atoms with E-state index in [1.807, 2.05) is 27.7 Å². The number of ether oxygens (including phenoxy) is 1.